The van der Waals surface area contributed by atoms with E-state index in [2.05, 4.69) is 31.3 Å². The lowest BCUT2D eigenvalue weighted by Gasteiger charge is -2.17. The van der Waals surface area contributed by atoms with Gasteiger partial charge in [-0.25, -0.2) is 0 Å². The highest BCUT2D eigenvalue weighted by Crippen LogP contribution is 2.24. The summed E-state index contributed by atoms with van der Waals surface area (Å²) in [4.78, 5) is 20.3. The Bertz CT molecular complexity index is 375. The molecule has 0 radical (unpaired) electrons. The highest BCUT2D eigenvalue weighted by Gasteiger charge is 2.45. The summed E-state index contributed by atoms with van der Waals surface area (Å²) in [6.07, 6.45) is 3.42. The van der Waals surface area contributed by atoms with Crippen LogP contribution in [0.15, 0.2) is 5.18 Å². The number of hydrogen-bond donors (Lipinski definition) is 3. The molecule has 1 aliphatic rings. The van der Waals surface area contributed by atoms with Gasteiger partial charge in [0.1, 0.15) is 12.2 Å². The lowest BCUT2D eigenvalue weighted by molar-refractivity contribution is -0.169. The quantitative estimate of drug-likeness (QED) is 0.288. The molecule has 0 aromatic rings. The van der Waals surface area contributed by atoms with E-state index >= 15 is 0 Å². The van der Waals surface area contributed by atoms with Gasteiger partial charge in [-0.2, -0.15) is 4.91 Å². The molecular formula is C18H36N2O6. The van der Waals surface area contributed by atoms with E-state index < -0.39 is 24.5 Å². The maximum absolute atomic E-state index is 10.4. The molecule has 0 saturated carbocycles. The van der Waals surface area contributed by atoms with Crippen molar-refractivity contribution in [1.29, 1.82) is 0 Å². The van der Waals surface area contributed by atoms with E-state index in [1.54, 1.807) is 0 Å². The fourth-order valence-electron chi connectivity index (χ4n) is 2.42. The number of hydrogen-bond acceptors (Lipinski definition) is 7. The number of aliphatic hydroxyl groups excluding tert-OH is 2. The first kappa shape index (κ1) is 24.9. The van der Waals surface area contributed by atoms with Crippen molar-refractivity contribution in [2.24, 2.45) is 10.6 Å². The molecule has 1 fully saturated rings. The molecular weight excluding hydrogens is 340 g/mol. The first-order valence-electron chi connectivity index (χ1n) is 9.36. The second kappa shape index (κ2) is 14.0. The van der Waals surface area contributed by atoms with Gasteiger partial charge in [0.15, 0.2) is 12.3 Å². The molecule has 26 heavy (non-hydrogen) atoms. The Kier molecular flexibility index (Phi) is 13.4. The van der Waals surface area contributed by atoms with Crippen LogP contribution in [0.1, 0.15) is 59.8 Å². The molecule has 1 amide bonds. The van der Waals surface area contributed by atoms with Crippen LogP contribution in [0.25, 0.3) is 0 Å². The van der Waals surface area contributed by atoms with E-state index in [0.717, 1.165) is 32.2 Å². The van der Waals surface area contributed by atoms with E-state index in [1.165, 1.54) is 12.8 Å². The number of nitroso groups, excluding NO2 is 1. The van der Waals surface area contributed by atoms with Crippen molar-refractivity contribution < 1.29 is 24.5 Å². The number of carbonyl (C=O) groups excluding carboxylic acids is 1. The van der Waals surface area contributed by atoms with Crippen molar-refractivity contribution in [3.8, 4) is 0 Å². The van der Waals surface area contributed by atoms with Crippen molar-refractivity contribution in [2.75, 3.05) is 19.8 Å². The minimum Gasteiger partial charge on any atom is -0.394 e. The Morgan fingerprint density at radius 3 is 2.42 bits per heavy atom. The average Bonchev–Trinajstić information content (AvgIpc) is 2.90. The number of rotatable bonds is 11. The third-order valence-electron chi connectivity index (χ3n) is 3.98. The molecule has 1 saturated heterocycles. The van der Waals surface area contributed by atoms with Gasteiger partial charge in [0.25, 0.3) is 0 Å². The number of ether oxygens (including phenoxy) is 2. The van der Waals surface area contributed by atoms with Gasteiger partial charge in [-0.3, -0.25) is 4.79 Å². The fraction of sp³-hybridized carbons (Fsp3) is 0.944. The molecule has 4 atom stereocenters. The van der Waals surface area contributed by atoms with Crippen molar-refractivity contribution in [1.82, 2.24) is 5.32 Å². The Morgan fingerprint density at radius 2 is 1.96 bits per heavy atom. The molecule has 1 heterocycles. The van der Waals surface area contributed by atoms with Crippen LogP contribution in [0.5, 0.6) is 0 Å². The zero-order valence-corrected chi connectivity index (χ0v) is 16.5. The zero-order chi connectivity index (χ0) is 20.0. The summed E-state index contributed by atoms with van der Waals surface area (Å²) in [5, 5.41) is 23.9. The van der Waals surface area contributed by atoms with E-state index in [1.807, 2.05) is 6.92 Å². The fourth-order valence-corrected chi connectivity index (χ4v) is 2.42. The van der Waals surface area contributed by atoms with Gasteiger partial charge in [0, 0.05) is 13.2 Å². The standard InChI is InChI=1S/C9H17NO5.C9H19NO/c1-2-3-4-14-9-8(12)7(10-13)6(5-11)15-9;1-9(2,3)6-4-5-7-10-8-11/h6-9,11-12H,2-5H2,1H3;8H,4-7H2,1-3H3,(H,10,11). The van der Waals surface area contributed by atoms with Crippen LogP contribution in [0.3, 0.4) is 0 Å². The molecule has 1 aliphatic heterocycles. The summed E-state index contributed by atoms with van der Waals surface area (Å²) in [6, 6.07) is -0.943. The molecule has 4 unspecified atom stereocenters. The lowest BCUT2D eigenvalue weighted by atomic mass is 9.90. The van der Waals surface area contributed by atoms with Crippen molar-refractivity contribution >= 4 is 6.41 Å². The van der Waals surface area contributed by atoms with Crippen LogP contribution in [-0.2, 0) is 14.3 Å². The monoisotopic (exact) mass is 376 g/mol. The Hall–Kier alpha value is -1.09. The van der Waals surface area contributed by atoms with Crippen LogP contribution < -0.4 is 5.32 Å². The molecule has 0 bridgehead atoms. The molecule has 8 heteroatoms. The van der Waals surface area contributed by atoms with E-state index in [4.69, 9.17) is 14.6 Å². The number of unbranched alkanes of at least 4 members (excludes halogenated alkanes) is 2. The van der Waals surface area contributed by atoms with Crippen LogP contribution in [-0.4, -0.2) is 60.9 Å². The van der Waals surface area contributed by atoms with Gasteiger partial charge >= 0.3 is 0 Å². The minimum absolute atomic E-state index is 0.346. The van der Waals surface area contributed by atoms with Crippen LogP contribution in [0.4, 0.5) is 0 Å². The van der Waals surface area contributed by atoms with Gasteiger partial charge in [0.05, 0.1) is 6.61 Å². The first-order valence-corrected chi connectivity index (χ1v) is 9.36. The van der Waals surface area contributed by atoms with Crippen molar-refractivity contribution in [2.45, 2.75) is 84.3 Å². The van der Waals surface area contributed by atoms with Gasteiger partial charge in [-0.1, -0.05) is 45.7 Å². The average molecular weight is 376 g/mol. The Morgan fingerprint density at radius 1 is 1.27 bits per heavy atom. The molecule has 0 aliphatic carbocycles. The highest BCUT2D eigenvalue weighted by molar-refractivity contribution is 5.45. The highest BCUT2D eigenvalue weighted by atomic mass is 16.7. The van der Waals surface area contributed by atoms with Gasteiger partial charge in [-0.05, 0) is 24.7 Å². The predicted octanol–water partition coefficient (Wildman–Crippen LogP) is 1.97. The number of amides is 1. The summed E-state index contributed by atoms with van der Waals surface area (Å²) in [5.74, 6) is 0. The SMILES string of the molecule is CC(C)(C)CCCCNC=O.CCCCOC1OC(CO)C(N=O)C1O. The van der Waals surface area contributed by atoms with Crippen molar-refractivity contribution in [3.05, 3.63) is 4.91 Å². The van der Waals surface area contributed by atoms with E-state index in [9.17, 15) is 14.8 Å². The summed E-state index contributed by atoms with van der Waals surface area (Å²) in [6.45, 7) is 9.66. The number of carbonyl (C=O) groups is 1. The maximum Gasteiger partial charge on any atom is 0.207 e. The van der Waals surface area contributed by atoms with E-state index in [0.29, 0.717) is 12.0 Å². The maximum atomic E-state index is 10.4. The Labute approximate surface area is 156 Å². The third-order valence-corrected chi connectivity index (χ3v) is 3.98. The summed E-state index contributed by atoms with van der Waals surface area (Å²) in [7, 11) is 0. The molecule has 1 rings (SSSR count). The smallest absolute Gasteiger partial charge is 0.207 e. The van der Waals surface area contributed by atoms with Crippen LogP contribution >= 0.6 is 0 Å². The number of nitrogens with one attached hydrogen (secondary N) is 1. The van der Waals surface area contributed by atoms with Crippen LogP contribution in [0.2, 0.25) is 0 Å². The van der Waals surface area contributed by atoms with Crippen LogP contribution in [0, 0.1) is 10.3 Å². The second-order valence-corrected chi connectivity index (χ2v) is 7.63. The van der Waals surface area contributed by atoms with Gasteiger partial charge in [0.2, 0.25) is 6.41 Å². The van der Waals surface area contributed by atoms with Gasteiger partial charge < -0.3 is 25.0 Å². The van der Waals surface area contributed by atoms with E-state index in [-0.39, 0.29) is 6.61 Å². The predicted molar refractivity (Wildman–Crippen MR) is 99.6 cm³/mol. The normalized spacial score (nSPS) is 25.3. The third kappa shape index (κ3) is 10.8. The number of aliphatic hydroxyl groups is 2. The van der Waals surface area contributed by atoms with Crippen molar-refractivity contribution in [3.63, 3.8) is 0 Å². The molecule has 8 nitrogen and oxygen atoms in total. The molecule has 0 spiro atoms. The molecule has 154 valence electrons. The summed E-state index contributed by atoms with van der Waals surface area (Å²) < 4.78 is 10.4. The first-order chi connectivity index (χ1) is 12.3. The lowest BCUT2D eigenvalue weighted by Crippen LogP contribution is -2.33. The van der Waals surface area contributed by atoms with Gasteiger partial charge in [-0.15, -0.1) is 0 Å². The minimum atomic E-state index is -1.09. The number of nitrogens with zero attached hydrogens (tertiary/aromatic N) is 1. The summed E-state index contributed by atoms with van der Waals surface area (Å²) >= 11 is 0. The topological polar surface area (TPSA) is 117 Å². The molecule has 0 aromatic heterocycles. The zero-order valence-electron chi connectivity index (χ0n) is 16.5. The molecule has 3 N–H and O–H groups in total. The molecule has 0 aromatic carbocycles. The summed E-state index contributed by atoms with van der Waals surface area (Å²) in [5.41, 5.74) is 0.432. The second-order valence-electron chi connectivity index (χ2n) is 7.63. The largest absolute Gasteiger partial charge is 0.394 e. The Balaban J connectivity index is 0.000000508.